The topological polar surface area (TPSA) is 124 Å². The van der Waals surface area contributed by atoms with E-state index in [1.54, 1.807) is 29.2 Å². The van der Waals surface area contributed by atoms with Crippen molar-refractivity contribution >= 4 is 17.5 Å². The van der Waals surface area contributed by atoms with Crippen LogP contribution in [0.1, 0.15) is 36.5 Å². The van der Waals surface area contributed by atoms with E-state index in [0.29, 0.717) is 37.2 Å². The maximum atomic E-state index is 13.9. The lowest BCUT2D eigenvalue weighted by atomic mass is 10.1. The van der Waals surface area contributed by atoms with Crippen LogP contribution in [0.25, 0.3) is 0 Å². The Labute approximate surface area is 253 Å². The first kappa shape index (κ1) is 33.5. The largest absolute Gasteiger partial charge is 0.497 e. The molecule has 17 heteroatoms. The van der Waals surface area contributed by atoms with Gasteiger partial charge in [-0.05, 0) is 37.5 Å². The first-order valence-electron chi connectivity index (χ1n) is 13.8. The summed E-state index contributed by atoms with van der Waals surface area (Å²) in [7, 11) is 1.48. The van der Waals surface area contributed by atoms with Crippen molar-refractivity contribution in [3.63, 3.8) is 0 Å². The quantitative estimate of drug-likeness (QED) is 0.301. The average molecular weight is 644 g/mol. The van der Waals surface area contributed by atoms with Crippen LogP contribution in [0.5, 0.6) is 5.75 Å². The molecule has 0 spiro atoms. The number of methoxy groups -OCH3 is 1. The molecule has 3 heterocycles. The van der Waals surface area contributed by atoms with Gasteiger partial charge in [0.15, 0.2) is 0 Å². The number of halogens is 6. The molecule has 0 saturated carbocycles. The van der Waals surface area contributed by atoms with Crippen LogP contribution >= 0.6 is 0 Å². The third-order valence-corrected chi connectivity index (χ3v) is 6.93. The van der Waals surface area contributed by atoms with E-state index in [1.807, 2.05) is 0 Å². The molecule has 4 rings (SSSR count). The molecule has 2 N–H and O–H groups in total. The molecule has 1 amide bonds. The maximum Gasteiger partial charge on any atom is 0.423 e. The van der Waals surface area contributed by atoms with Crippen LogP contribution in [0, 0.1) is 0 Å². The predicted molar refractivity (Wildman–Crippen MR) is 150 cm³/mol. The van der Waals surface area contributed by atoms with Crippen LogP contribution in [-0.4, -0.2) is 71.2 Å². The predicted octanol–water partition coefficient (Wildman–Crippen LogP) is 3.73. The van der Waals surface area contributed by atoms with Gasteiger partial charge in [0.1, 0.15) is 17.9 Å². The number of hydrogen-bond acceptors (Lipinski definition) is 9. The number of ether oxygens (including phenoxy) is 2. The number of carbonyl (C=O) groups excluding carboxylic acids is 1. The third kappa shape index (κ3) is 9.06. The molecule has 1 aliphatic heterocycles. The summed E-state index contributed by atoms with van der Waals surface area (Å²) in [5, 5.41) is 9.31. The van der Waals surface area contributed by atoms with E-state index in [9.17, 15) is 35.9 Å². The Morgan fingerprint density at radius 1 is 1.02 bits per heavy atom. The number of amides is 1. The molecule has 0 aliphatic carbocycles. The van der Waals surface area contributed by atoms with Crippen LogP contribution < -0.4 is 25.8 Å². The molecular formula is C28H31F6N7O4. The number of carbonyl (C=O) groups is 1. The fourth-order valence-electron chi connectivity index (χ4n) is 4.65. The van der Waals surface area contributed by atoms with Gasteiger partial charge in [-0.25, -0.2) is 14.6 Å². The van der Waals surface area contributed by atoms with Crippen molar-refractivity contribution < 1.29 is 40.6 Å². The Hall–Kier alpha value is -4.41. The number of aromatic nitrogens is 4. The Kier molecular flexibility index (Phi) is 10.5. The lowest BCUT2D eigenvalue weighted by molar-refractivity contribution is -0.139. The standard InChI is InChI=1S/C28H31F6N7O4/c1-17(38-22-13-37-41(25(43)24(22)28(32,33)34)14-18-3-5-21(44-2)6-4-18)15-45-16-23(42)39-20-7-9-40(10-8-20)26-35-11-19(12-36-26)27(29,30)31/h3-6,11-13,17,20,38H,7-10,14-16H2,1-2H3,(H,39,42). The number of hydrogen-bond donors (Lipinski definition) is 2. The van der Waals surface area contributed by atoms with Gasteiger partial charge in [0, 0.05) is 37.6 Å². The molecule has 1 unspecified atom stereocenters. The van der Waals surface area contributed by atoms with Crippen LogP contribution in [0.2, 0.25) is 0 Å². The average Bonchev–Trinajstić information content (AvgIpc) is 2.98. The first-order chi connectivity index (χ1) is 21.2. The van der Waals surface area contributed by atoms with Gasteiger partial charge < -0.3 is 25.0 Å². The van der Waals surface area contributed by atoms with Crippen LogP contribution in [0.4, 0.5) is 38.0 Å². The van der Waals surface area contributed by atoms with Crippen molar-refractivity contribution in [1.82, 2.24) is 25.1 Å². The van der Waals surface area contributed by atoms with Crippen molar-refractivity contribution in [2.75, 3.05) is 43.6 Å². The number of nitrogens with one attached hydrogen (secondary N) is 2. The lowest BCUT2D eigenvalue weighted by Gasteiger charge is -2.32. The monoisotopic (exact) mass is 643 g/mol. The first-order valence-corrected chi connectivity index (χ1v) is 13.8. The normalized spacial score (nSPS) is 15.1. The summed E-state index contributed by atoms with van der Waals surface area (Å²) < 4.78 is 91.1. The van der Waals surface area contributed by atoms with Crippen molar-refractivity contribution in [1.29, 1.82) is 0 Å². The second-order valence-electron chi connectivity index (χ2n) is 10.4. The minimum Gasteiger partial charge on any atom is -0.497 e. The van der Waals surface area contributed by atoms with E-state index in [4.69, 9.17) is 9.47 Å². The molecule has 0 radical (unpaired) electrons. The fourth-order valence-corrected chi connectivity index (χ4v) is 4.65. The number of alkyl halides is 6. The smallest absolute Gasteiger partial charge is 0.423 e. The summed E-state index contributed by atoms with van der Waals surface area (Å²) in [5.41, 5.74) is -3.61. The van der Waals surface area contributed by atoms with E-state index < -0.39 is 46.7 Å². The summed E-state index contributed by atoms with van der Waals surface area (Å²) in [6, 6.07) is 5.53. The highest BCUT2D eigenvalue weighted by atomic mass is 19.4. The fraction of sp³-hybridized carbons (Fsp3) is 0.464. The molecule has 1 saturated heterocycles. The van der Waals surface area contributed by atoms with Crippen molar-refractivity contribution in [2.24, 2.45) is 0 Å². The number of rotatable bonds is 11. The molecular weight excluding hydrogens is 612 g/mol. The van der Waals surface area contributed by atoms with Crippen LogP contribution in [-0.2, 0) is 28.4 Å². The molecule has 1 fully saturated rings. The lowest BCUT2D eigenvalue weighted by Crippen LogP contribution is -2.46. The highest BCUT2D eigenvalue weighted by Gasteiger charge is 2.38. The highest BCUT2D eigenvalue weighted by Crippen LogP contribution is 2.32. The molecule has 244 valence electrons. The van der Waals surface area contributed by atoms with E-state index in [1.165, 1.54) is 14.0 Å². The van der Waals surface area contributed by atoms with Crippen LogP contribution in [0.3, 0.4) is 0 Å². The summed E-state index contributed by atoms with van der Waals surface area (Å²) in [5.74, 6) is 0.278. The zero-order valence-electron chi connectivity index (χ0n) is 24.3. The SMILES string of the molecule is COc1ccc(Cn2ncc(NC(C)COCC(=O)NC3CCN(c4ncc(C(F)(F)F)cn4)CC3)c(C(F)(F)F)c2=O)cc1. The molecule has 1 aromatic carbocycles. The van der Waals surface area contributed by atoms with Gasteiger partial charge in [-0.2, -0.15) is 31.4 Å². The summed E-state index contributed by atoms with van der Waals surface area (Å²) >= 11 is 0. The molecule has 3 aromatic rings. The zero-order chi connectivity index (χ0) is 32.8. The van der Waals surface area contributed by atoms with Crippen molar-refractivity contribution in [3.05, 3.63) is 69.9 Å². The highest BCUT2D eigenvalue weighted by molar-refractivity contribution is 5.77. The van der Waals surface area contributed by atoms with Crippen LogP contribution in [0.15, 0.2) is 47.7 Å². The minimum absolute atomic E-state index is 0.149. The Bertz CT molecular complexity index is 1490. The molecule has 1 aliphatic rings. The Morgan fingerprint density at radius 3 is 2.24 bits per heavy atom. The van der Waals surface area contributed by atoms with Gasteiger partial charge in [-0.3, -0.25) is 9.59 Å². The van der Waals surface area contributed by atoms with Gasteiger partial charge in [0.05, 0.1) is 37.7 Å². The summed E-state index contributed by atoms with van der Waals surface area (Å²) in [6.07, 6.45) is -6.13. The van der Waals surface area contributed by atoms with E-state index in [2.05, 4.69) is 25.7 Å². The minimum atomic E-state index is -4.96. The number of piperidine rings is 1. The summed E-state index contributed by atoms with van der Waals surface area (Å²) in [6.45, 7) is 1.66. The second-order valence-corrected chi connectivity index (χ2v) is 10.4. The van der Waals surface area contributed by atoms with Crippen molar-refractivity contribution in [3.8, 4) is 5.75 Å². The second kappa shape index (κ2) is 14.1. The number of nitrogens with zero attached hydrogens (tertiary/aromatic N) is 5. The molecule has 11 nitrogen and oxygen atoms in total. The molecule has 2 aromatic heterocycles. The third-order valence-electron chi connectivity index (χ3n) is 6.93. The maximum absolute atomic E-state index is 13.9. The van der Waals surface area contributed by atoms with Gasteiger partial charge in [0.2, 0.25) is 11.9 Å². The van der Waals surface area contributed by atoms with E-state index >= 15 is 0 Å². The Morgan fingerprint density at radius 2 is 1.67 bits per heavy atom. The van der Waals surface area contributed by atoms with E-state index in [0.717, 1.165) is 23.3 Å². The number of benzene rings is 1. The van der Waals surface area contributed by atoms with Gasteiger partial charge in [-0.15, -0.1) is 0 Å². The zero-order valence-corrected chi connectivity index (χ0v) is 24.3. The van der Waals surface area contributed by atoms with Crippen molar-refractivity contribution in [2.45, 2.75) is 50.7 Å². The van der Waals surface area contributed by atoms with Gasteiger partial charge in [0.25, 0.3) is 5.56 Å². The number of anilines is 2. The van der Waals surface area contributed by atoms with Gasteiger partial charge in [-0.1, -0.05) is 12.1 Å². The van der Waals surface area contributed by atoms with Gasteiger partial charge >= 0.3 is 12.4 Å². The molecule has 0 bridgehead atoms. The van der Waals surface area contributed by atoms with E-state index in [-0.39, 0.29) is 31.7 Å². The molecule has 1 atom stereocenters. The Balaban J connectivity index is 1.25. The molecule has 45 heavy (non-hydrogen) atoms. The summed E-state index contributed by atoms with van der Waals surface area (Å²) in [4.78, 5) is 34.4.